The van der Waals surface area contributed by atoms with Crippen LogP contribution in [0.5, 0.6) is 5.75 Å². The molecule has 1 amide bonds. The van der Waals surface area contributed by atoms with Gasteiger partial charge in [0.2, 0.25) is 5.91 Å². The summed E-state index contributed by atoms with van der Waals surface area (Å²) in [5, 5.41) is 3.00. The summed E-state index contributed by atoms with van der Waals surface area (Å²) in [5.41, 5.74) is 7.26. The molecule has 1 aliphatic heterocycles. The molecule has 5 heteroatoms. The highest BCUT2D eigenvalue weighted by Gasteiger charge is 2.33. The molecule has 2 rings (SSSR count). The van der Waals surface area contributed by atoms with Crippen molar-refractivity contribution in [1.29, 1.82) is 0 Å². The fourth-order valence-corrected chi connectivity index (χ4v) is 3.04. The molecule has 0 aromatic heterocycles. The summed E-state index contributed by atoms with van der Waals surface area (Å²) in [5.74, 6) is 0.913. The van der Waals surface area contributed by atoms with Gasteiger partial charge in [-0.15, -0.1) is 0 Å². The van der Waals surface area contributed by atoms with E-state index in [9.17, 15) is 4.79 Å². The minimum absolute atomic E-state index is 0.0566. The zero-order valence-corrected chi connectivity index (χ0v) is 15.2. The van der Waals surface area contributed by atoms with E-state index >= 15 is 0 Å². The molecule has 0 aliphatic carbocycles. The third-order valence-corrected chi connectivity index (χ3v) is 4.62. The summed E-state index contributed by atoms with van der Waals surface area (Å²) in [6.45, 7) is 9.84. The fraction of sp³-hybridized carbons (Fsp3) is 0.632. The summed E-state index contributed by atoms with van der Waals surface area (Å²) in [4.78, 5) is 14.4. The Balaban J connectivity index is 1.79. The molecule has 1 atom stereocenters. The molecule has 1 aromatic rings. The van der Waals surface area contributed by atoms with E-state index in [-0.39, 0.29) is 17.4 Å². The van der Waals surface area contributed by atoms with Crippen LogP contribution in [0.15, 0.2) is 24.3 Å². The number of amides is 1. The maximum Gasteiger partial charge on any atom is 0.234 e. The third-order valence-electron chi connectivity index (χ3n) is 4.62. The summed E-state index contributed by atoms with van der Waals surface area (Å²) in [6.07, 6.45) is 1.92. The molecule has 1 aliphatic rings. The molecule has 0 spiro atoms. The minimum atomic E-state index is 0.0566. The van der Waals surface area contributed by atoms with Gasteiger partial charge in [0.25, 0.3) is 0 Å². The van der Waals surface area contributed by atoms with Crippen molar-refractivity contribution in [1.82, 2.24) is 10.2 Å². The van der Waals surface area contributed by atoms with E-state index in [2.05, 4.69) is 31.0 Å². The Bertz CT molecular complexity index is 545. The largest absolute Gasteiger partial charge is 0.494 e. The third kappa shape index (κ3) is 5.49. The predicted octanol–water partition coefficient (Wildman–Crippen LogP) is 2.15. The van der Waals surface area contributed by atoms with Gasteiger partial charge in [-0.05, 0) is 36.0 Å². The normalized spacial score (nSPS) is 20.6. The van der Waals surface area contributed by atoms with E-state index in [0.29, 0.717) is 19.7 Å². The molecule has 1 aromatic carbocycles. The Morgan fingerprint density at radius 3 is 2.96 bits per heavy atom. The Kier molecular flexibility index (Phi) is 6.63. The number of hydrogen-bond acceptors (Lipinski definition) is 4. The second-order valence-electron chi connectivity index (χ2n) is 7.37. The quantitative estimate of drug-likeness (QED) is 0.802. The SMILES string of the molecule is CCCOc1cccc(CNC(=O)CN2CCC(N)C(C)(C)C2)c1. The smallest absolute Gasteiger partial charge is 0.234 e. The highest BCUT2D eigenvalue weighted by molar-refractivity contribution is 5.78. The van der Waals surface area contributed by atoms with Crippen molar-refractivity contribution in [2.45, 2.75) is 46.2 Å². The number of hydrogen-bond donors (Lipinski definition) is 2. The van der Waals surface area contributed by atoms with Gasteiger partial charge in [0.15, 0.2) is 0 Å². The zero-order chi connectivity index (χ0) is 17.6. The number of benzene rings is 1. The Hall–Kier alpha value is -1.59. The van der Waals surface area contributed by atoms with Crippen LogP contribution in [-0.4, -0.2) is 43.1 Å². The van der Waals surface area contributed by atoms with Gasteiger partial charge in [-0.25, -0.2) is 0 Å². The standard InChI is InChI=1S/C19H31N3O2/c1-4-10-24-16-7-5-6-15(11-16)12-21-18(23)13-22-9-8-17(20)19(2,3)14-22/h5-7,11,17H,4,8-10,12-14,20H2,1-3H3,(H,21,23). The van der Waals surface area contributed by atoms with E-state index in [0.717, 1.165) is 37.2 Å². The maximum atomic E-state index is 12.2. The Labute approximate surface area is 145 Å². The monoisotopic (exact) mass is 333 g/mol. The number of nitrogens with one attached hydrogen (secondary N) is 1. The number of carbonyl (C=O) groups is 1. The first-order chi connectivity index (χ1) is 11.4. The lowest BCUT2D eigenvalue weighted by Gasteiger charge is -2.42. The van der Waals surface area contributed by atoms with E-state index in [1.54, 1.807) is 0 Å². The molecule has 0 radical (unpaired) electrons. The molecule has 1 fully saturated rings. The topological polar surface area (TPSA) is 67.6 Å². The lowest BCUT2D eigenvalue weighted by Crippen LogP contribution is -2.54. The van der Waals surface area contributed by atoms with E-state index in [1.165, 1.54) is 0 Å². The van der Waals surface area contributed by atoms with Gasteiger partial charge >= 0.3 is 0 Å². The van der Waals surface area contributed by atoms with Crippen molar-refractivity contribution < 1.29 is 9.53 Å². The molecule has 3 N–H and O–H groups in total. The number of rotatable bonds is 7. The molecular formula is C19H31N3O2. The van der Waals surface area contributed by atoms with Crippen LogP contribution in [0.2, 0.25) is 0 Å². The number of likely N-dealkylation sites (tertiary alicyclic amines) is 1. The van der Waals surface area contributed by atoms with Crippen molar-refractivity contribution in [3.8, 4) is 5.75 Å². The Morgan fingerprint density at radius 1 is 1.46 bits per heavy atom. The summed E-state index contributed by atoms with van der Waals surface area (Å²) >= 11 is 0. The molecular weight excluding hydrogens is 302 g/mol. The van der Waals surface area contributed by atoms with Crippen LogP contribution in [0.3, 0.4) is 0 Å². The highest BCUT2D eigenvalue weighted by Crippen LogP contribution is 2.27. The van der Waals surface area contributed by atoms with Crippen LogP contribution in [0.4, 0.5) is 0 Å². The zero-order valence-electron chi connectivity index (χ0n) is 15.2. The van der Waals surface area contributed by atoms with Crippen LogP contribution < -0.4 is 15.8 Å². The van der Waals surface area contributed by atoms with E-state index < -0.39 is 0 Å². The second kappa shape index (κ2) is 8.49. The van der Waals surface area contributed by atoms with Crippen LogP contribution in [0.1, 0.15) is 39.2 Å². The first kappa shape index (κ1) is 18.7. The number of carbonyl (C=O) groups excluding carboxylic acids is 1. The molecule has 5 nitrogen and oxygen atoms in total. The molecule has 134 valence electrons. The first-order valence-electron chi connectivity index (χ1n) is 8.87. The maximum absolute atomic E-state index is 12.2. The van der Waals surface area contributed by atoms with Gasteiger partial charge in [0, 0.05) is 25.7 Å². The van der Waals surface area contributed by atoms with Crippen LogP contribution >= 0.6 is 0 Å². The summed E-state index contributed by atoms with van der Waals surface area (Å²) < 4.78 is 5.62. The molecule has 1 saturated heterocycles. The van der Waals surface area contributed by atoms with E-state index in [1.807, 2.05) is 24.3 Å². The van der Waals surface area contributed by atoms with Gasteiger partial charge < -0.3 is 15.8 Å². The first-order valence-corrected chi connectivity index (χ1v) is 8.87. The Morgan fingerprint density at radius 2 is 2.25 bits per heavy atom. The average Bonchev–Trinajstić information content (AvgIpc) is 2.54. The molecule has 1 heterocycles. The van der Waals surface area contributed by atoms with Gasteiger partial charge in [-0.1, -0.05) is 32.9 Å². The molecule has 0 bridgehead atoms. The van der Waals surface area contributed by atoms with Crippen molar-refractivity contribution in [2.24, 2.45) is 11.1 Å². The molecule has 0 saturated carbocycles. The van der Waals surface area contributed by atoms with E-state index in [4.69, 9.17) is 10.5 Å². The van der Waals surface area contributed by atoms with Gasteiger partial charge in [0.1, 0.15) is 5.75 Å². The second-order valence-corrected chi connectivity index (χ2v) is 7.37. The minimum Gasteiger partial charge on any atom is -0.494 e. The lowest BCUT2D eigenvalue weighted by atomic mass is 9.80. The van der Waals surface area contributed by atoms with Crippen LogP contribution in [0.25, 0.3) is 0 Å². The summed E-state index contributed by atoms with van der Waals surface area (Å²) in [7, 11) is 0. The predicted molar refractivity (Wildman–Crippen MR) is 96.9 cm³/mol. The number of nitrogens with zero attached hydrogens (tertiary/aromatic N) is 1. The van der Waals surface area contributed by atoms with Gasteiger partial charge in [-0.2, -0.15) is 0 Å². The number of ether oxygens (including phenoxy) is 1. The van der Waals surface area contributed by atoms with Gasteiger partial charge in [0.05, 0.1) is 13.2 Å². The van der Waals surface area contributed by atoms with Gasteiger partial charge in [-0.3, -0.25) is 9.69 Å². The molecule has 24 heavy (non-hydrogen) atoms. The van der Waals surface area contributed by atoms with Crippen LogP contribution in [-0.2, 0) is 11.3 Å². The number of nitrogens with two attached hydrogens (primary N) is 1. The molecule has 1 unspecified atom stereocenters. The average molecular weight is 333 g/mol. The number of piperidine rings is 1. The fourth-order valence-electron chi connectivity index (χ4n) is 3.04. The summed E-state index contributed by atoms with van der Waals surface area (Å²) in [6, 6.07) is 8.10. The van der Waals surface area contributed by atoms with Crippen LogP contribution in [0, 0.1) is 5.41 Å². The van der Waals surface area contributed by atoms with Crippen molar-refractivity contribution in [2.75, 3.05) is 26.2 Å². The van der Waals surface area contributed by atoms with Crippen molar-refractivity contribution in [3.63, 3.8) is 0 Å². The van der Waals surface area contributed by atoms with Crippen molar-refractivity contribution >= 4 is 5.91 Å². The highest BCUT2D eigenvalue weighted by atomic mass is 16.5. The van der Waals surface area contributed by atoms with Crippen molar-refractivity contribution in [3.05, 3.63) is 29.8 Å². The lowest BCUT2D eigenvalue weighted by molar-refractivity contribution is -0.123.